The van der Waals surface area contributed by atoms with Crippen molar-refractivity contribution in [3.63, 3.8) is 0 Å². The van der Waals surface area contributed by atoms with Crippen molar-refractivity contribution in [3.05, 3.63) is 57.6 Å². The standard InChI is InChI=1S/C19H18Cl2N2O4S/c1-28(26,27)13-5-7-16(21)15(11-13)18(24)22-17-10-12(20)4-6-14(17)19(25)23-8-2-3-9-23/h4-7,10-11H,2-3,8-9H2,1H3,(H,22,24). The Morgan fingerprint density at radius 2 is 1.68 bits per heavy atom. The van der Waals surface area contributed by atoms with Gasteiger partial charge < -0.3 is 10.2 Å². The molecule has 0 aliphatic carbocycles. The first kappa shape index (κ1) is 20.6. The third-order valence-corrected chi connectivity index (χ3v) is 6.14. The number of sulfone groups is 1. The molecule has 0 atom stereocenters. The van der Waals surface area contributed by atoms with Gasteiger partial charge in [0.1, 0.15) is 0 Å². The molecule has 2 aromatic rings. The molecule has 1 aliphatic rings. The van der Waals surface area contributed by atoms with E-state index in [1.165, 1.54) is 24.3 Å². The highest BCUT2D eigenvalue weighted by atomic mass is 35.5. The van der Waals surface area contributed by atoms with E-state index >= 15 is 0 Å². The van der Waals surface area contributed by atoms with Gasteiger partial charge in [-0.05, 0) is 49.2 Å². The Morgan fingerprint density at radius 3 is 2.32 bits per heavy atom. The van der Waals surface area contributed by atoms with Gasteiger partial charge in [-0.2, -0.15) is 0 Å². The van der Waals surface area contributed by atoms with Crippen LogP contribution < -0.4 is 5.32 Å². The number of nitrogens with one attached hydrogen (secondary N) is 1. The van der Waals surface area contributed by atoms with Gasteiger partial charge >= 0.3 is 0 Å². The Hall–Kier alpha value is -2.09. The molecule has 1 aliphatic heterocycles. The van der Waals surface area contributed by atoms with Crippen molar-refractivity contribution in [1.29, 1.82) is 0 Å². The number of carbonyl (C=O) groups excluding carboxylic acids is 2. The van der Waals surface area contributed by atoms with Gasteiger partial charge in [-0.25, -0.2) is 8.42 Å². The summed E-state index contributed by atoms with van der Waals surface area (Å²) in [6, 6.07) is 8.51. The summed E-state index contributed by atoms with van der Waals surface area (Å²) in [5, 5.41) is 3.09. The van der Waals surface area contributed by atoms with Crippen molar-refractivity contribution in [2.24, 2.45) is 0 Å². The minimum absolute atomic E-state index is 0.0101. The second-order valence-corrected chi connectivity index (χ2v) is 9.42. The fourth-order valence-electron chi connectivity index (χ4n) is 3.00. The van der Waals surface area contributed by atoms with Crippen molar-refractivity contribution in [3.8, 4) is 0 Å². The van der Waals surface area contributed by atoms with Gasteiger partial charge in [0.15, 0.2) is 9.84 Å². The summed E-state index contributed by atoms with van der Waals surface area (Å²) in [5.74, 6) is -0.825. The molecule has 1 fully saturated rings. The van der Waals surface area contributed by atoms with Crippen molar-refractivity contribution in [2.45, 2.75) is 17.7 Å². The van der Waals surface area contributed by atoms with E-state index in [2.05, 4.69) is 5.32 Å². The van der Waals surface area contributed by atoms with Gasteiger partial charge in [-0.15, -0.1) is 0 Å². The van der Waals surface area contributed by atoms with Gasteiger partial charge in [-0.1, -0.05) is 23.2 Å². The minimum atomic E-state index is -3.51. The van der Waals surface area contributed by atoms with Crippen LogP contribution in [0.5, 0.6) is 0 Å². The minimum Gasteiger partial charge on any atom is -0.339 e. The number of nitrogens with zero attached hydrogens (tertiary/aromatic N) is 1. The Balaban J connectivity index is 1.94. The molecule has 1 saturated heterocycles. The van der Waals surface area contributed by atoms with Crippen LogP contribution in [0.15, 0.2) is 41.3 Å². The van der Waals surface area contributed by atoms with Crippen LogP contribution in [0.4, 0.5) is 5.69 Å². The van der Waals surface area contributed by atoms with E-state index < -0.39 is 15.7 Å². The maximum atomic E-state index is 12.8. The zero-order valence-corrected chi connectivity index (χ0v) is 17.4. The average Bonchev–Trinajstić information content (AvgIpc) is 3.15. The zero-order valence-electron chi connectivity index (χ0n) is 15.0. The van der Waals surface area contributed by atoms with Crippen LogP contribution >= 0.6 is 23.2 Å². The lowest BCUT2D eigenvalue weighted by atomic mass is 10.1. The number of rotatable bonds is 4. The normalized spacial score (nSPS) is 14.2. The smallest absolute Gasteiger partial charge is 0.257 e. The maximum absolute atomic E-state index is 12.8. The number of anilines is 1. The summed E-state index contributed by atoms with van der Waals surface area (Å²) in [6.07, 6.45) is 2.92. The molecule has 2 aromatic carbocycles. The number of carbonyl (C=O) groups is 2. The van der Waals surface area contributed by atoms with E-state index in [9.17, 15) is 18.0 Å². The fraction of sp³-hybridized carbons (Fsp3) is 0.263. The second kappa shape index (κ2) is 8.11. The highest BCUT2D eigenvalue weighted by Crippen LogP contribution is 2.27. The summed E-state index contributed by atoms with van der Waals surface area (Å²) in [7, 11) is -3.51. The fourth-order valence-corrected chi connectivity index (χ4v) is 4.02. The number of halogens is 2. The number of hydrogen-bond acceptors (Lipinski definition) is 4. The lowest BCUT2D eigenvalue weighted by Crippen LogP contribution is -2.29. The van der Waals surface area contributed by atoms with E-state index in [1.807, 2.05) is 0 Å². The van der Waals surface area contributed by atoms with Crippen LogP contribution in [-0.2, 0) is 9.84 Å². The van der Waals surface area contributed by atoms with Crippen LogP contribution in [0.1, 0.15) is 33.6 Å². The Kier molecular flexibility index (Phi) is 5.98. The number of benzene rings is 2. The lowest BCUT2D eigenvalue weighted by molar-refractivity contribution is 0.0794. The molecule has 0 aromatic heterocycles. The maximum Gasteiger partial charge on any atom is 0.257 e. The third kappa shape index (κ3) is 4.48. The summed E-state index contributed by atoms with van der Waals surface area (Å²) >= 11 is 12.1. The van der Waals surface area contributed by atoms with E-state index in [-0.39, 0.29) is 27.1 Å². The van der Waals surface area contributed by atoms with Crippen molar-refractivity contribution in [2.75, 3.05) is 24.7 Å². The first-order valence-corrected chi connectivity index (χ1v) is 11.2. The van der Waals surface area contributed by atoms with Gasteiger partial charge in [0.05, 0.1) is 26.7 Å². The average molecular weight is 441 g/mol. The first-order chi connectivity index (χ1) is 13.2. The summed E-state index contributed by atoms with van der Waals surface area (Å²) in [5.41, 5.74) is 0.550. The Bertz CT molecular complexity index is 1050. The van der Waals surface area contributed by atoms with Crippen LogP contribution in [0.2, 0.25) is 10.0 Å². The Morgan fingerprint density at radius 1 is 1.00 bits per heavy atom. The Labute approximate surface area is 173 Å². The molecule has 0 radical (unpaired) electrons. The van der Waals surface area contributed by atoms with Crippen molar-refractivity contribution >= 4 is 50.5 Å². The van der Waals surface area contributed by atoms with Gasteiger partial charge in [0, 0.05) is 24.4 Å². The molecule has 1 heterocycles. The molecule has 0 spiro atoms. The molecular formula is C19H18Cl2N2O4S. The highest BCUT2D eigenvalue weighted by molar-refractivity contribution is 7.90. The van der Waals surface area contributed by atoms with Crippen molar-refractivity contribution in [1.82, 2.24) is 4.90 Å². The highest BCUT2D eigenvalue weighted by Gasteiger charge is 2.24. The van der Waals surface area contributed by atoms with E-state index in [1.54, 1.807) is 17.0 Å². The van der Waals surface area contributed by atoms with Crippen LogP contribution in [0, 0.1) is 0 Å². The molecule has 0 saturated carbocycles. The summed E-state index contributed by atoms with van der Waals surface area (Å²) in [4.78, 5) is 27.2. The largest absolute Gasteiger partial charge is 0.339 e. The number of likely N-dealkylation sites (tertiary alicyclic amines) is 1. The molecule has 148 valence electrons. The lowest BCUT2D eigenvalue weighted by Gasteiger charge is -2.18. The molecule has 0 unspecified atom stereocenters. The monoisotopic (exact) mass is 440 g/mol. The summed E-state index contributed by atoms with van der Waals surface area (Å²) in [6.45, 7) is 1.33. The topological polar surface area (TPSA) is 83.5 Å². The van der Waals surface area contributed by atoms with Gasteiger partial charge in [0.25, 0.3) is 11.8 Å². The molecule has 28 heavy (non-hydrogen) atoms. The SMILES string of the molecule is CS(=O)(=O)c1ccc(Cl)c(C(=O)Nc2cc(Cl)ccc2C(=O)N2CCCC2)c1. The molecule has 6 nitrogen and oxygen atoms in total. The van der Waals surface area contributed by atoms with Crippen LogP contribution in [0.3, 0.4) is 0 Å². The van der Waals surface area contributed by atoms with Crippen molar-refractivity contribution < 1.29 is 18.0 Å². The molecule has 1 N–H and O–H groups in total. The summed E-state index contributed by atoms with van der Waals surface area (Å²) < 4.78 is 23.5. The molecule has 9 heteroatoms. The van der Waals surface area contributed by atoms with E-state index in [0.717, 1.165) is 19.1 Å². The van der Waals surface area contributed by atoms with E-state index in [4.69, 9.17) is 23.2 Å². The molecule has 0 bridgehead atoms. The van der Waals surface area contributed by atoms with Crippen LogP contribution in [0.25, 0.3) is 0 Å². The third-order valence-electron chi connectivity index (χ3n) is 4.46. The molecule has 2 amide bonds. The second-order valence-electron chi connectivity index (χ2n) is 6.56. The first-order valence-electron chi connectivity index (χ1n) is 8.56. The predicted molar refractivity (Wildman–Crippen MR) is 109 cm³/mol. The molecule has 3 rings (SSSR count). The number of amides is 2. The molecular weight excluding hydrogens is 423 g/mol. The van der Waals surface area contributed by atoms with Crippen LogP contribution in [-0.4, -0.2) is 44.5 Å². The zero-order chi connectivity index (χ0) is 20.5. The van der Waals surface area contributed by atoms with E-state index in [0.29, 0.717) is 23.7 Å². The number of hydrogen-bond donors (Lipinski definition) is 1. The van der Waals surface area contributed by atoms with Gasteiger partial charge in [-0.3, -0.25) is 9.59 Å². The predicted octanol–water partition coefficient (Wildman–Crippen LogP) is 3.89. The van der Waals surface area contributed by atoms with Gasteiger partial charge in [0.2, 0.25) is 0 Å². The quantitative estimate of drug-likeness (QED) is 0.781.